The lowest BCUT2D eigenvalue weighted by Gasteiger charge is -2.18. The first-order chi connectivity index (χ1) is 6.70. The van der Waals surface area contributed by atoms with Gasteiger partial charge in [0.1, 0.15) is 0 Å². The summed E-state index contributed by atoms with van der Waals surface area (Å²) in [6.07, 6.45) is 2.30. The van der Waals surface area contributed by atoms with Crippen LogP contribution in [0.2, 0.25) is 0 Å². The number of aryl methyl sites for hydroxylation is 2. The minimum Gasteiger partial charge on any atom is -0.362 e. The average molecular weight is 188 g/mol. The van der Waals surface area contributed by atoms with Crippen molar-refractivity contribution in [3.63, 3.8) is 0 Å². The van der Waals surface area contributed by atoms with Crippen LogP contribution in [-0.4, -0.2) is 4.98 Å². The number of hydrogen-bond acceptors (Lipinski definition) is 2. The summed E-state index contributed by atoms with van der Waals surface area (Å²) in [5.41, 5.74) is 2.83. The standard InChI is InChI=1S/C11H12N2O/c1-7-4-11(14)9-5-8(6-12)2-3-10(9)13-7/h4,8H,2-3,5H2,1H3,(H,13,14). The second-order valence-corrected chi connectivity index (χ2v) is 3.84. The molecule has 1 aromatic rings. The molecule has 1 aromatic heterocycles. The lowest BCUT2D eigenvalue weighted by atomic mass is 9.87. The molecule has 72 valence electrons. The maximum atomic E-state index is 11.6. The summed E-state index contributed by atoms with van der Waals surface area (Å²) in [5, 5.41) is 8.80. The van der Waals surface area contributed by atoms with Crippen LogP contribution in [-0.2, 0) is 12.8 Å². The monoisotopic (exact) mass is 188 g/mol. The molecule has 3 heteroatoms. The van der Waals surface area contributed by atoms with Crippen LogP contribution in [0.4, 0.5) is 0 Å². The number of fused-ring (bicyclic) bond motifs is 1. The van der Waals surface area contributed by atoms with Crippen molar-refractivity contribution in [2.24, 2.45) is 5.92 Å². The zero-order valence-electron chi connectivity index (χ0n) is 8.13. The largest absolute Gasteiger partial charge is 0.362 e. The number of nitriles is 1. The van der Waals surface area contributed by atoms with Gasteiger partial charge in [-0.1, -0.05) is 0 Å². The summed E-state index contributed by atoms with van der Waals surface area (Å²) in [5.74, 6) is 0.0197. The molecular weight excluding hydrogens is 176 g/mol. The van der Waals surface area contributed by atoms with Crippen LogP contribution in [0.15, 0.2) is 10.9 Å². The number of nitrogens with zero attached hydrogens (tertiary/aromatic N) is 1. The molecule has 0 saturated heterocycles. The van der Waals surface area contributed by atoms with Crippen LogP contribution < -0.4 is 5.43 Å². The normalized spacial score (nSPS) is 19.9. The van der Waals surface area contributed by atoms with E-state index in [0.717, 1.165) is 29.8 Å². The Morgan fingerprint density at radius 3 is 3.14 bits per heavy atom. The molecule has 0 aliphatic heterocycles. The molecule has 14 heavy (non-hydrogen) atoms. The molecule has 1 aliphatic rings. The Balaban J connectivity index is 2.48. The van der Waals surface area contributed by atoms with Gasteiger partial charge in [0.05, 0.1) is 12.0 Å². The van der Waals surface area contributed by atoms with E-state index in [-0.39, 0.29) is 11.3 Å². The van der Waals surface area contributed by atoms with Gasteiger partial charge in [-0.25, -0.2) is 0 Å². The van der Waals surface area contributed by atoms with E-state index < -0.39 is 0 Å². The van der Waals surface area contributed by atoms with Crippen molar-refractivity contribution >= 4 is 0 Å². The fourth-order valence-corrected chi connectivity index (χ4v) is 2.00. The van der Waals surface area contributed by atoms with E-state index in [9.17, 15) is 4.79 Å². The lowest BCUT2D eigenvalue weighted by molar-refractivity contribution is 0.551. The topological polar surface area (TPSA) is 56.6 Å². The molecule has 0 aromatic carbocycles. The SMILES string of the molecule is Cc1cc(=O)c2c([nH]1)CCC(C#N)C2. The van der Waals surface area contributed by atoms with E-state index in [2.05, 4.69) is 11.1 Å². The first-order valence-electron chi connectivity index (χ1n) is 4.82. The molecule has 0 fully saturated rings. The quantitative estimate of drug-likeness (QED) is 0.667. The smallest absolute Gasteiger partial charge is 0.185 e. The predicted molar refractivity (Wildman–Crippen MR) is 52.9 cm³/mol. The number of aromatic nitrogens is 1. The van der Waals surface area contributed by atoms with E-state index >= 15 is 0 Å². The highest BCUT2D eigenvalue weighted by Crippen LogP contribution is 2.21. The van der Waals surface area contributed by atoms with Gasteiger partial charge in [0.25, 0.3) is 0 Å². The van der Waals surface area contributed by atoms with Gasteiger partial charge in [0.15, 0.2) is 5.43 Å². The average Bonchev–Trinajstić information content (AvgIpc) is 2.17. The summed E-state index contributed by atoms with van der Waals surface area (Å²) in [6.45, 7) is 1.89. The maximum absolute atomic E-state index is 11.6. The van der Waals surface area contributed by atoms with E-state index in [1.54, 1.807) is 6.07 Å². The molecular formula is C11H12N2O. The third-order valence-corrected chi connectivity index (χ3v) is 2.73. The fraction of sp³-hybridized carbons (Fsp3) is 0.455. The molecule has 1 N–H and O–H groups in total. The highest BCUT2D eigenvalue weighted by Gasteiger charge is 2.20. The van der Waals surface area contributed by atoms with Gasteiger partial charge >= 0.3 is 0 Å². The number of aromatic amines is 1. The fourth-order valence-electron chi connectivity index (χ4n) is 2.00. The van der Waals surface area contributed by atoms with Crippen LogP contribution in [0.25, 0.3) is 0 Å². The van der Waals surface area contributed by atoms with Crippen LogP contribution in [0.3, 0.4) is 0 Å². The van der Waals surface area contributed by atoms with Crippen molar-refractivity contribution in [3.8, 4) is 6.07 Å². The van der Waals surface area contributed by atoms with Crippen molar-refractivity contribution in [2.45, 2.75) is 26.2 Å². The molecule has 0 saturated carbocycles. The van der Waals surface area contributed by atoms with E-state index in [0.29, 0.717) is 6.42 Å². The highest BCUT2D eigenvalue weighted by atomic mass is 16.1. The Morgan fingerprint density at radius 1 is 1.64 bits per heavy atom. The number of pyridine rings is 1. The minimum absolute atomic E-state index is 0.0197. The third kappa shape index (κ3) is 1.44. The number of nitrogens with one attached hydrogen (secondary N) is 1. The Morgan fingerprint density at radius 2 is 2.43 bits per heavy atom. The molecule has 1 atom stereocenters. The maximum Gasteiger partial charge on any atom is 0.185 e. The van der Waals surface area contributed by atoms with Crippen molar-refractivity contribution in [3.05, 3.63) is 33.2 Å². The summed E-state index contributed by atoms with van der Waals surface area (Å²) in [4.78, 5) is 14.8. The van der Waals surface area contributed by atoms with Crippen LogP contribution in [0.5, 0.6) is 0 Å². The van der Waals surface area contributed by atoms with Crippen molar-refractivity contribution in [1.29, 1.82) is 5.26 Å². The van der Waals surface area contributed by atoms with Gasteiger partial charge in [-0.3, -0.25) is 4.79 Å². The highest BCUT2D eigenvalue weighted by molar-refractivity contribution is 5.27. The zero-order valence-corrected chi connectivity index (χ0v) is 8.13. The molecule has 3 nitrogen and oxygen atoms in total. The molecule has 1 heterocycles. The van der Waals surface area contributed by atoms with Crippen LogP contribution in [0.1, 0.15) is 23.4 Å². The minimum atomic E-state index is 0.0197. The summed E-state index contributed by atoms with van der Waals surface area (Å²) in [6, 6.07) is 3.84. The van der Waals surface area contributed by atoms with E-state index in [4.69, 9.17) is 5.26 Å². The third-order valence-electron chi connectivity index (χ3n) is 2.73. The van der Waals surface area contributed by atoms with Gasteiger partial charge in [0.2, 0.25) is 0 Å². The predicted octanol–water partition coefficient (Wildman–Crippen LogP) is 1.31. The van der Waals surface area contributed by atoms with Gasteiger partial charge in [-0.05, 0) is 26.2 Å². The Hall–Kier alpha value is -1.56. The molecule has 0 spiro atoms. The van der Waals surface area contributed by atoms with Gasteiger partial charge in [-0.15, -0.1) is 0 Å². The number of H-pyrrole nitrogens is 1. The first kappa shape index (κ1) is 9.01. The molecule has 1 unspecified atom stereocenters. The van der Waals surface area contributed by atoms with Crippen LogP contribution in [0, 0.1) is 24.2 Å². The molecule has 1 aliphatic carbocycles. The van der Waals surface area contributed by atoms with Crippen molar-refractivity contribution in [2.75, 3.05) is 0 Å². The van der Waals surface area contributed by atoms with E-state index in [1.165, 1.54) is 0 Å². The van der Waals surface area contributed by atoms with Gasteiger partial charge in [-0.2, -0.15) is 5.26 Å². The molecule has 0 radical (unpaired) electrons. The summed E-state index contributed by atoms with van der Waals surface area (Å²) >= 11 is 0. The molecule has 0 amide bonds. The van der Waals surface area contributed by atoms with E-state index in [1.807, 2.05) is 6.92 Å². The van der Waals surface area contributed by atoms with Crippen LogP contribution >= 0.6 is 0 Å². The number of hydrogen-bond donors (Lipinski definition) is 1. The summed E-state index contributed by atoms with van der Waals surface area (Å²) in [7, 11) is 0. The summed E-state index contributed by atoms with van der Waals surface area (Å²) < 4.78 is 0. The van der Waals surface area contributed by atoms with Crippen molar-refractivity contribution < 1.29 is 0 Å². The molecule has 2 rings (SSSR count). The lowest BCUT2D eigenvalue weighted by Crippen LogP contribution is -2.22. The number of rotatable bonds is 0. The first-order valence-corrected chi connectivity index (χ1v) is 4.82. The Bertz CT molecular complexity index is 453. The van der Waals surface area contributed by atoms with Gasteiger partial charge < -0.3 is 4.98 Å². The van der Waals surface area contributed by atoms with Gasteiger partial charge in [0, 0.05) is 23.0 Å². The van der Waals surface area contributed by atoms with Crippen molar-refractivity contribution in [1.82, 2.24) is 4.98 Å². The second kappa shape index (κ2) is 3.30. The Kier molecular flexibility index (Phi) is 2.12. The molecule has 0 bridgehead atoms. The Labute approximate surface area is 82.4 Å². The zero-order chi connectivity index (χ0) is 10.1. The second-order valence-electron chi connectivity index (χ2n) is 3.84.